The van der Waals surface area contributed by atoms with E-state index in [4.69, 9.17) is 14.6 Å². The molecule has 7 nitrogen and oxygen atoms in total. The Kier molecular flexibility index (Phi) is 10.5. The second-order valence-corrected chi connectivity index (χ2v) is 10.2. The molecule has 0 saturated carbocycles. The third-order valence-electron chi connectivity index (χ3n) is 7.03. The number of fused-ring (bicyclic) bond motifs is 1. The third kappa shape index (κ3) is 8.28. The van der Waals surface area contributed by atoms with Crippen molar-refractivity contribution < 1.29 is 24.2 Å². The first kappa shape index (κ1) is 29.1. The number of anilines is 1. The minimum atomic E-state index is -1.45. The monoisotopic (exact) mass is 542 g/mol. The van der Waals surface area contributed by atoms with E-state index in [2.05, 4.69) is 17.6 Å². The lowest BCUT2D eigenvalue weighted by molar-refractivity contribution is -0.120. The number of aliphatic hydroxyl groups is 2. The summed E-state index contributed by atoms with van der Waals surface area (Å²) in [6.07, 6.45) is 4.34. The number of unbranched alkanes of at least 4 members (excludes halogenated alkanes) is 3. The molecule has 1 unspecified atom stereocenters. The van der Waals surface area contributed by atoms with Crippen LogP contribution in [0.5, 0.6) is 0 Å². The van der Waals surface area contributed by atoms with E-state index in [0.29, 0.717) is 12.0 Å². The highest BCUT2D eigenvalue weighted by atomic mass is 16.5. The maximum Gasteiger partial charge on any atom is 0.251 e. The Balaban J connectivity index is 1.39. The SMILES string of the molecule is CCCCCCC(Cc1ccc(C(=O)NCCC(O)O)cc1)C(=O)Nc1ccc(-c2cc3ccccc3o2)cc1. The zero-order valence-corrected chi connectivity index (χ0v) is 22.9. The first-order chi connectivity index (χ1) is 19.4. The van der Waals surface area contributed by atoms with Gasteiger partial charge in [-0.25, -0.2) is 0 Å². The molecule has 4 rings (SSSR count). The molecule has 0 saturated heterocycles. The first-order valence-electron chi connectivity index (χ1n) is 14.1. The fourth-order valence-corrected chi connectivity index (χ4v) is 4.72. The van der Waals surface area contributed by atoms with Crippen molar-refractivity contribution in [1.29, 1.82) is 0 Å². The summed E-state index contributed by atoms with van der Waals surface area (Å²) in [5.41, 5.74) is 4.00. The zero-order chi connectivity index (χ0) is 28.3. The van der Waals surface area contributed by atoms with Gasteiger partial charge in [0.2, 0.25) is 5.91 Å². The van der Waals surface area contributed by atoms with Crippen LogP contribution in [0.3, 0.4) is 0 Å². The zero-order valence-electron chi connectivity index (χ0n) is 22.9. The molecule has 1 aromatic heterocycles. The highest BCUT2D eigenvalue weighted by molar-refractivity contribution is 5.94. The minimum absolute atomic E-state index is 0.0163. The maximum absolute atomic E-state index is 13.4. The van der Waals surface area contributed by atoms with Gasteiger partial charge in [0, 0.05) is 41.1 Å². The summed E-state index contributed by atoms with van der Waals surface area (Å²) in [6.45, 7) is 2.35. The van der Waals surface area contributed by atoms with E-state index in [1.165, 1.54) is 0 Å². The summed E-state index contributed by atoms with van der Waals surface area (Å²) in [5, 5.41) is 24.7. The molecular weight excluding hydrogens is 504 g/mol. The Labute approximate surface area is 235 Å². The predicted octanol–water partition coefficient (Wildman–Crippen LogP) is 6.30. The van der Waals surface area contributed by atoms with Crippen molar-refractivity contribution in [2.75, 3.05) is 11.9 Å². The molecule has 2 amide bonds. The van der Waals surface area contributed by atoms with Gasteiger partial charge in [-0.2, -0.15) is 0 Å². The molecule has 1 heterocycles. The lowest BCUT2D eigenvalue weighted by Crippen LogP contribution is -2.27. The van der Waals surface area contributed by atoms with Crippen LogP contribution in [0, 0.1) is 5.92 Å². The van der Waals surface area contributed by atoms with Crippen LogP contribution in [0.4, 0.5) is 5.69 Å². The summed E-state index contributed by atoms with van der Waals surface area (Å²) in [5.74, 6) is 0.304. The van der Waals surface area contributed by atoms with E-state index in [1.807, 2.05) is 66.7 Å². The quantitative estimate of drug-likeness (QED) is 0.110. The highest BCUT2D eigenvalue weighted by Crippen LogP contribution is 2.29. The van der Waals surface area contributed by atoms with Crippen LogP contribution in [0.2, 0.25) is 0 Å². The Bertz CT molecular complexity index is 1340. The van der Waals surface area contributed by atoms with Crippen molar-refractivity contribution in [3.8, 4) is 11.3 Å². The molecule has 0 bridgehead atoms. The average molecular weight is 543 g/mol. The van der Waals surface area contributed by atoms with Crippen LogP contribution in [0.25, 0.3) is 22.3 Å². The first-order valence-corrected chi connectivity index (χ1v) is 14.1. The van der Waals surface area contributed by atoms with E-state index in [-0.39, 0.29) is 30.7 Å². The molecular formula is C33H38N2O5. The Morgan fingerprint density at radius 2 is 1.62 bits per heavy atom. The van der Waals surface area contributed by atoms with Crippen LogP contribution in [0.1, 0.15) is 61.4 Å². The molecule has 0 aliphatic rings. The predicted molar refractivity (Wildman–Crippen MR) is 158 cm³/mol. The summed E-state index contributed by atoms with van der Waals surface area (Å²) in [7, 11) is 0. The normalized spacial score (nSPS) is 12.0. The van der Waals surface area contributed by atoms with Crippen molar-refractivity contribution in [1.82, 2.24) is 5.32 Å². The van der Waals surface area contributed by atoms with E-state index in [9.17, 15) is 9.59 Å². The maximum atomic E-state index is 13.4. The number of amides is 2. The van der Waals surface area contributed by atoms with E-state index < -0.39 is 6.29 Å². The lowest BCUT2D eigenvalue weighted by atomic mass is 9.92. The van der Waals surface area contributed by atoms with Gasteiger partial charge in [0.25, 0.3) is 5.91 Å². The minimum Gasteiger partial charge on any atom is -0.456 e. The van der Waals surface area contributed by atoms with Crippen molar-refractivity contribution in [3.05, 3.63) is 90.0 Å². The summed E-state index contributed by atoms with van der Waals surface area (Å²) in [4.78, 5) is 25.7. The molecule has 0 aliphatic carbocycles. The van der Waals surface area contributed by atoms with Crippen LogP contribution < -0.4 is 10.6 Å². The largest absolute Gasteiger partial charge is 0.456 e. The van der Waals surface area contributed by atoms with E-state index in [1.54, 1.807) is 12.1 Å². The highest BCUT2D eigenvalue weighted by Gasteiger charge is 2.20. The number of carbonyl (C=O) groups is 2. The number of benzene rings is 3. The van der Waals surface area contributed by atoms with Gasteiger partial charge in [0.1, 0.15) is 11.3 Å². The van der Waals surface area contributed by atoms with Gasteiger partial charge < -0.3 is 25.3 Å². The van der Waals surface area contributed by atoms with Crippen molar-refractivity contribution in [2.24, 2.45) is 5.92 Å². The number of carbonyl (C=O) groups excluding carboxylic acids is 2. The molecule has 40 heavy (non-hydrogen) atoms. The molecule has 210 valence electrons. The van der Waals surface area contributed by atoms with Crippen molar-refractivity contribution in [3.63, 3.8) is 0 Å². The topological polar surface area (TPSA) is 112 Å². The van der Waals surface area contributed by atoms with Gasteiger partial charge in [-0.3, -0.25) is 9.59 Å². The number of para-hydroxylation sites is 1. The fraction of sp³-hybridized carbons (Fsp3) is 0.333. The van der Waals surface area contributed by atoms with Gasteiger partial charge >= 0.3 is 0 Å². The van der Waals surface area contributed by atoms with Crippen molar-refractivity contribution in [2.45, 2.75) is 58.2 Å². The summed E-state index contributed by atoms with van der Waals surface area (Å²) in [6, 6.07) is 24.9. The van der Waals surface area contributed by atoms with E-state index >= 15 is 0 Å². The molecule has 0 aliphatic heterocycles. The fourth-order valence-electron chi connectivity index (χ4n) is 4.72. The van der Waals surface area contributed by atoms with Gasteiger partial charge in [-0.1, -0.05) is 62.9 Å². The standard InChI is InChI=1S/C33H38N2O5/c1-2-3-4-5-9-27(21-23-11-13-25(14-12-23)32(38)34-20-19-31(36)37)33(39)35-28-17-15-24(16-18-28)30-22-26-8-6-7-10-29(26)40-30/h6-8,10-18,22,27,31,36-37H,2-5,9,19-21H2,1H3,(H,34,38)(H,35,39). The Morgan fingerprint density at radius 3 is 2.33 bits per heavy atom. The van der Waals surface area contributed by atoms with Gasteiger partial charge in [0.15, 0.2) is 6.29 Å². The summed E-state index contributed by atoms with van der Waals surface area (Å²) >= 11 is 0. The molecule has 0 fully saturated rings. The van der Waals surface area contributed by atoms with E-state index in [0.717, 1.165) is 65.6 Å². The molecule has 3 aromatic carbocycles. The molecule has 1 atom stereocenters. The van der Waals surface area contributed by atoms with Gasteiger partial charge in [-0.15, -0.1) is 0 Å². The number of furan rings is 1. The number of hydrogen-bond acceptors (Lipinski definition) is 5. The molecule has 0 spiro atoms. The van der Waals surface area contributed by atoms with Crippen LogP contribution in [-0.2, 0) is 11.2 Å². The molecule has 4 N–H and O–H groups in total. The number of hydrogen-bond donors (Lipinski definition) is 4. The summed E-state index contributed by atoms with van der Waals surface area (Å²) < 4.78 is 5.96. The number of aliphatic hydroxyl groups excluding tert-OH is 1. The van der Waals surface area contributed by atoms with Gasteiger partial charge in [0.05, 0.1) is 0 Å². The number of nitrogens with one attached hydrogen (secondary N) is 2. The smallest absolute Gasteiger partial charge is 0.251 e. The van der Waals surface area contributed by atoms with Crippen molar-refractivity contribution >= 4 is 28.5 Å². The molecule has 7 heteroatoms. The Hall–Kier alpha value is -3.94. The Morgan fingerprint density at radius 1 is 0.875 bits per heavy atom. The lowest BCUT2D eigenvalue weighted by Gasteiger charge is -2.17. The third-order valence-corrected chi connectivity index (χ3v) is 7.03. The van der Waals surface area contributed by atoms with Crippen LogP contribution >= 0.6 is 0 Å². The second-order valence-electron chi connectivity index (χ2n) is 10.2. The number of rotatable bonds is 14. The molecule has 4 aromatic rings. The van der Waals surface area contributed by atoms with Crippen LogP contribution in [-0.4, -0.2) is 34.9 Å². The average Bonchev–Trinajstić information content (AvgIpc) is 3.39. The second kappa shape index (κ2) is 14.4. The van der Waals surface area contributed by atoms with Crippen LogP contribution in [0.15, 0.2) is 83.3 Å². The van der Waals surface area contributed by atoms with Gasteiger partial charge in [-0.05, 0) is 66.9 Å². The molecule has 0 radical (unpaired) electrons.